The summed E-state index contributed by atoms with van der Waals surface area (Å²) in [5.74, 6) is -1.69. The van der Waals surface area contributed by atoms with Gasteiger partial charge in [0.15, 0.2) is 11.6 Å². The first-order valence-corrected chi connectivity index (χ1v) is 6.30. The Morgan fingerprint density at radius 2 is 1.95 bits per heavy atom. The van der Waals surface area contributed by atoms with Gasteiger partial charge in [-0.15, -0.1) is 0 Å². The number of hydrogen-bond donors (Lipinski definition) is 1. The maximum atomic E-state index is 13.6. The van der Waals surface area contributed by atoms with Gasteiger partial charge in [0.05, 0.1) is 0 Å². The molecule has 2 N–H and O–H groups in total. The van der Waals surface area contributed by atoms with E-state index in [1.165, 1.54) is 12.1 Å². The van der Waals surface area contributed by atoms with E-state index in [0.29, 0.717) is 5.02 Å². The summed E-state index contributed by atoms with van der Waals surface area (Å²) in [5, 5.41) is 0.588. The minimum Gasteiger partial charge on any atom is -0.324 e. The number of benzene rings is 2. The highest BCUT2D eigenvalue weighted by molar-refractivity contribution is 6.30. The fourth-order valence-corrected chi connectivity index (χ4v) is 2.34. The fraction of sp³-hybridized carbons (Fsp3) is 0.200. The third-order valence-electron chi connectivity index (χ3n) is 2.96. The minimum absolute atomic E-state index is 0.226. The Morgan fingerprint density at radius 1 is 1.21 bits per heavy atom. The van der Waals surface area contributed by atoms with Crippen LogP contribution in [0.15, 0.2) is 36.4 Å². The lowest BCUT2D eigenvalue weighted by Gasteiger charge is -2.14. The van der Waals surface area contributed by atoms with Gasteiger partial charge in [0, 0.05) is 11.1 Å². The van der Waals surface area contributed by atoms with E-state index in [-0.39, 0.29) is 12.0 Å². The first kappa shape index (κ1) is 14.0. The lowest BCUT2D eigenvalue weighted by Crippen LogP contribution is -2.14. The van der Waals surface area contributed by atoms with Crippen molar-refractivity contribution in [3.05, 3.63) is 69.7 Å². The van der Waals surface area contributed by atoms with Crippen LogP contribution in [0.25, 0.3) is 0 Å². The highest BCUT2D eigenvalue weighted by atomic mass is 35.5. The molecule has 0 aliphatic heterocycles. The van der Waals surface area contributed by atoms with Crippen LogP contribution < -0.4 is 5.73 Å². The fourth-order valence-electron chi connectivity index (χ4n) is 2.04. The van der Waals surface area contributed by atoms with Crippen LogP contribution in [-0.4, -0.2) is 0 Å². The summed E-state index contributed by atoms with van der Waals surface area (Å²) >= 11 is 5.96. The highest BCUT2D eigenvalue weighted by Gasteiger charge is 2.13. The van der Waals surface area contributed by atoms with Crippen LogP contribution in [0.1, 0.15) is 22.7 Å². The van der Waals surface area contributed by atoms with Gasteiger partial charge in [-0.05, 0) is 48.2 Å². The molecule has 2 aromatic carbocycles. The van der Waals surface area contributed by atoms with E-state index in [0.717, 1.165) is 17.2 Å². The van der Waals surface area contributed by atoms with E-state index in [1.54, 1.807) is 6.07 Å². The molecule has 0 bridgehead atoms. The van der Waals surface area contributed by atoms with Gasteiger partial charge in [0.25, 0.3) is 0 Å². The van der Waals surface area contributed by atoms with Crippen LogP contribution in [0, 0.1) is 18.6 Å². The zero-order chi connectivity index (χ0) is 14.0. The molecule has 4 heteroatoms. The molecule has 0 fully saturated rings. The Hall–Kier alpha value is -1.45. The molecule has 0 saturated heterocycles. The molecule has 1 atom stereocenters. The summed E-state index contributed by atoms with van der Waals surface area (Å²) in [6.07, 6.45) is 0.226. The number of hydrogen-bond acceptors (Lipinski definition) is 1. The van der Waals surface area contributed by atoms with Crippen molar-refractivity contribution < 1.29 is 8.78 Å². The molecule has 2 aromatic rings. The average molecular weight is 282 g/mol. The Balaban J connectivity index is 2.25. The molecule has 2 rings (SSSR count). The van der Waals surface area contributed by atoms with Crippen LogP contribution in [-0.2, 0) is 6.42 Å². The van der Waals surface area contributed by atoms with Gasteiger partial charge in [0.2, 0.25) is 0 Å². The predicted octanol–water partition coefficient (Wildman–Crippen LogP) is 4.17. The molecule has 0 aromatic heterocycles. The van der Waals surface area contributed by atoms with E-state index in [9.17, 15) is 8.78 Å². The molecule has 0 spiro atoms. The second kappa shape index (κ2) is 5.68. The third-order valence-corrected chi connectivity index (χ3v) is 3.18. The van der Waals surface area contributed by atoms with Crippen molar-refractivity contribution in [1.82, 2.24) is 0 Å². The van der Waals surface area contributed by atoms with E-state index in [4.69, 9.17) is 17.3 Å². The van der Waals surface area contributed by atoms with Gasteiger partial charge in [-0.1, -0.05) is 29.8 Å². The number of halogens is 3. The Morgan fingerprint density at radius 3 is 2.63 bits per heavy atom. The summed E-state index contributed by atoms with van der Waals surface area (Å²) in [5.41, 5.74) is 8.10. The largest absolute Gasteiger partial charge is 0.324 e. The van der Waals surface area contributed by atoms with Crippen molar-refractivity contribution in [2.45, 2.75) is 19.4 Å². The molecular weight excluding hydrogens is 268 g/mol. The minimum atomic E-state index is -0.855. The molecular formula is C15H14ClF2N. The van der Waals surface area contributed by atoms with Crippen LogP contribution >= 0.6 is 11.6 Å². The molecule has 1 unspecified atom stereocenters. The van der Waals surface area contributed by atoms with E-state index in [1.807, 2.05) is 19.1 Å². The second-order valence-corrected chi connectivity index (χ2v) is 5.02. The standard InChI is InChI=1S/C15H14ClF2N/c1-9-5-11(7-12(16)6-9)14(19)8-10-3-2-4-13(17)15(10)18/h2-7,14H,8,19H2,1H3. The van der Waals surface area contributed by atoms with Crippen LogP contribution in [0.2, 0.25) is 5.02 Å². The lowest BCUT2D eigenvalue weighted by molar-refractivity contribution is 0.494. The molecule has 100 valence electrons. The van der Waals surface area contributed by atoms with E-state index >= 15 is 0 Å². The number of aryl methyl sites for hydroxylation is 1. The Labute approximate surface area is 116 Å². The first-order valence-electron chi connectivity index (χ1n) is 5.93. The van der Waals surface area contributed by atoms with E-state index in [2.05, 4.69) is 0 Å². The molecule has 0 radical (unpaired) electrons. The van der Waals surface area contributed by atoms with Crippen LogP contribution in [0.3, 0.4) is 0 Å². The maximum absolute atomic E-state index is 13.6. The zero-order valence-corrected chi connectivity index (χ0v) is 11.2. The van der Waals surface area contributed by atoms with Crippen LogP contribution in [0.4, 0.5) is 8.78 Å². The first-order chi connectivity index (χ1) is 8.97. The van der Waals surface area contributed by atoms with Crippen molar-refractivity contribution in [3.63, 3.8) is 0 Å². The smallest absolute Gasteiger partial charge is 0.162 e. The van der Waals surface area contributed by atoms with Gasteiger partial charge >= 0.3 is 0 Å². The SMILES string of the molecule is Cc1cc(Cl)cc(C(N)Cc2cccc(F)c2F)c1. The maximum Gasteiger partial charge on any atom is 0.162 e. The molecule has 0 amide bonds. The molecule has 19 heavy (non-hydrogen) atoms. The predicted molar refractivity (Wildman–Crippen MR) is 73.2 cm³/mol. The zero-order valence-electron chi connectivity index (χ0n) is 10.5. The second-order valence-electron chi connectivity index (χ2n) is 4.59. The lowest BCUT2D eigenvalue weighted by atomic mass is 9.98. The van der Waals surface area contributed by atoms with Gasteiger partial charge in [-0.25, -0.2) is 8.78 Å². The molecule has 0 aliphatic rings. The Bertz CT molecular complexity index is 578. The molecule has 0 aliphatic carbocycles. The number of rotatable bonds is 3. The van der Waals surface area contributed by atoms with Gasteiger partial charge in [-0.3, -0.25) is 0 Å². The van der Waals surface area contributed by atoms with E-state index < -0.39 is 17.7 Å². The van der Waals surface area contributed by atoms with Gasteiger partial charge in [0.1, 0.15) is 0 Å². The quantitative estimate of drug-likeness (QED) is 0.898. The summed E-state index contributed by atoms with van der Waals surface area (Å²) in [6.45, 7) is 1.91. The summed E-state index contributed by atoms with van der Waals surface area (Å²) < 4.78 is 26.7. The van der Waals surface area contributed by atoms with Crippen molar-refractivity contribution >= 4 is 11.6 Å². The van der Waals surface area contributed by atoms with Crippen molar-refractivity contribution in [2.75, 3.05) is 0 Å². The average Bonchev–Trinajstić information content (AvgIpc) is 2.33. The summed E-state index contributed by atoms with van der Waals surface area (Å²) in [4.78, 5) is 0. The topological polar surface area (TPSA) is 26.0 Å². The van der Waals surface area contributed by atoms with Crippen LogP contribution in [0.5, 0.6) is 0 Å². The monoisotopic (exact) mass is 281 g/mol. The molecule has 0 heterocycles. The summed E-state index contributed by atoms with van der Waals surface area (Å²) in [7, 11) is 0. The number of nitrogens with two attached hydrogens (primary N) is 1. The van der Waals surface area contributed by atoms with Crippen molar-refractivity contribution in [1.29, 1.82) is 0 Å². The van der Waals surface area contributed by atoms with Gasteiger partial charge in [-0.2, -0.15) is 0 Å². The molecule has 1 nitrogen and oxygen atoms in total. The third kappa shape index (κ3) is 3.31. The molecule has 0 saturated carbocycles. The van der Waals surface area contributed by atoms with Gasteiger partial charge < -0.3 is 5.73 Å². The van der Waals surface area contributed by atoms with Crippen molar-refractivity contribution in [3.8, 4) is 0 Å². The summed E-state index contributed by atoms with van der Waals surface area (Å²) in [6, 6.07) is 9.14. The normalized spacial score (nSPS) is 12.5. The highest BCUT2D eigenvalue weighted by Crippen LogP contribution is 2.23. The Kier molecular flexibility index (Phi) is 4.17. The van der Waals surface area contributed by atoms with Crippen molar-refractivity contribution in [2.24, 2.45) is 5.73 Å².